The van der Waals surface area contributed by atoms with Gasteiger partial charge in [0.2, 0.25) is 0 Å². The van der Waals surface area contributed by atoms with Crippen LogP contribution in [0.5, 0.6) is 11.5 Å². The number of amides is 1. The second kappa shape index (κ2) is 7.99. The van der Waals surface area contributed by atoms with Gasteiger partial charge in [-0.3, -0.25) is 4.79 Å². The molecule has 3 aromatic rings. The van der Waals surface area contributed by atoms with Crippen LogP contribution < -0.4 is 15.2 Å². The maximum Gasteiger partial charge on any atom is 0.267 e. The van der Waals surface area contributed by atoms with Gasteiger partial charge in [-0.15, -0.1) is 0 Å². The van der Waals surface area contributed by atoms with Gasteiger partial charge in [0.25, 0.3) is 5.91 Å². The fourth-order valence-electron chi connectivity index (χ4n) is 2.60. The second-order valence-electron chi connectivity index (χ2n) is 5.84. The monoisotopic (exact) mass is 388 g/mol. The number of primary amides is 1. The maximum atomic E-state index is 14.5. The van der Waals surface area contributed by atoms with E-state index < -0.39 is 23.4 Å². The van der Waals surface area contributed by atoms with Crippen molar-refractivity contribution in [3.8, 4) is 22.6 Å². The van der Waals surface area contributed by atoms with E-state index in [1.54, 1.807) is 0 Å². The number of benzene rings is 2. The van der Waals surface area contributed by atoms with Gasteiger partial charge in [-0.2, -0.15) is 0 Å². The van der Waals surface area contributed by atoms with E-state index in [4.69, 9.17) is 15.2 Å². The fourth-order valence-corrected chi connectivity index (χ4v) is 2.60. The van der Waals surface area contributed by atoms with Gasteiger partial charge in [-0.25, -0.2) is 18.2 Å². The maximum absolute atomic E-state index is 14.5. The van der Waals surface area contributed by atoms with Gasteiger partial charge in [0.15, 0.2) is 0 Å². The summed E-state index contributed by atoms with van der Waals surface area (Å²) in [5, 5.41) is 0. The molecule has 0 spiro atoms. The van der Waals surface area contributed by atoms with Crippen LogP contribution in [0.1, 0.15) is 16.1 Å². The zero-order valence-electron chi connectivity index (χ0n) is 14.7. The van der Waals surface area contributed by atoms with Crippen LogP contribution in [-0.2, 0) is 6.61 Å². The summed E-state index contributed by atoms with van der Waals surface area (Å²) in [6, 6.07) is 8.41. The van der Waals surface area contributed by atoms with Gasteiger partial charge < -0.3 is 15.2 Å². The zero-order chi connectivity index (χ0) is 20.3. The van der Waals surface area contributed by atoms with Crippen molar-refractivity contribution < 1.29 is 27.4 Å². The lowest BCUT2D eigenvalue weighted by molar-refractivity contribution is 0.0995. The Morgan fingerprint density at radius 3 is 2.36 bits per heavy atom. The summed E-state index contributed by atoms with van der Waals surface area (Å²) >= 11 is 0. The highest BCUT2D eigenvalue weighted by molar-refractivity contribution is 5.92. The van der Waals surface area contributed by atoms with Gasteiger partial charge in [0.05, 0.1) is 13.3 Å². The number of pyridine rings is 1. The Morgan fingerprint density at radius 1 is 1.04 bits per heavy atom. The molecule has 1 heterocycles. The zero-order valence-corrected chi connectivity index (χ0v) is 14.7. The molecular formula is C20H15F3N2O3. The SMILES string of the molecule is COc1ccc(-c2cc(C(N)=O)ncc2OCc2cc(F)cc(F)c2)c(F)c1. The minimum Gasteiger partial charge on any atom is -0.497 e. The smallest absolute Gasteiger partial charge is 0.267 e. The predicted molar refractivity (Wildman–Crippen MR) is 95.4 cm³/mol. The summed E-state index contributed by atoms with van der Waals surface area (Å²) in [5.74, 6) is -2.50. The average Bonchev–Trinajstić information content (AvgIpc) is 2.65. The van der Waals surface area contributed by atoms with E-state index in [1.165, 1.54) is 37.6 Å². The van der Waals surface area contributed by atoms with E-state index in [9.17, 15) is 18.0 Å². The number of nitrogens with zero attached hydrogens (tertiary/aromatic N) is 1. The van der Waals surface area contributed by atoms with Crippen LogP contribution in [0.2, 0.25) is 0 Å². The molecule has 0 fully saturated rings. The Bertz CT molecular complexity index is 1020. The first-order valence-corrected chi connectivity index (χ1v) is 8.09. The third-order valence-corrected chi connectivity index (χ3v) is 3.90. The van der Waals surface area contributed by atoms with Crippen molar-refractivity contribution in [2.24, 2.45) is 5.73 Å². The number of carbonyl (C=O) groups is 1. The molecule has 2 aromatic carbocycles. The number of halogens is 3. The first-order chi connectivity index (χ1) is 13.4. The fraction of sp³-hybridized carbons (Fsp3) is 0.100. The summed E-state index contributed by atoms with van der Waals surface area (Å²) in [5.41, 5.74) is 5.72. The molecule has 1 amide bonds. The Hall–Kier alpha value is -3.55. The average molecular weight is 388 g/mol. The quantitative estimate of drug-likeness (QED) is 0.696. The molecule has 2 N–H and O–H groups in total. The van der Waals surface area contributed by atoms with Crippen LogP contribution in [0.15, 0.2) is 48.7 Å². The molecule has 0 atom stereocenters. The topological polar surface area (TPSA) is 74.4 Å². The van der Waals surface area contributed by atoms with Crippen LogP contribution >= 0.6 is 0 Å². The highest BCUT2D eigenvalue weighted by atomic mass is 19.1. The number of nitrogens with two attached hydrogens (primary N) is 1. The highest BCUT2D eigenvalue weighted by Crippen LogP contribution is 2.34. The van der Waals surface area contributed by atoms with Crippen molar-refractivity contribution in [3.63, 3.8) is 0 Å². The lowest BCUT2D eigenvalue weighted by atomic mass is 10.0. The molecule has 5 nitrogen and oxygen atoms in total. The number of ether oxygens (including phenoxy) is 2. The standard InChI is InChI=1S/C20H15F3N2O3/c1-27-14-2-3-15(17(23)7-14)16-8-18(20(24)26)25-9-19(16)28-10-11-4-12(21)6-13(22)5-11/h2-9H,10H2,1H3,(H2,24,26). The van der Waals surface area contributed by atoms with Crippen molar-refractivity contribution in [2.45, 2.75) is 6.61 Å². The lowest BCUT2D eigenvalue weighted by Gasteiger charge is -2.14. The van der Waals surface area contributed by atoms with E-state index in [-0.39, 0.29) is 34.7 Å². The van der Waals surface area contributed by atoms with Gasteiger partial charge in [0, 0.05) is 23.3 Å². The third-order valence-electron chi connectivity index (χ3n) is 3.90. The molecular weight excluding hydrogens is 373 g/mol. The molecule has 8 heteroatoms. The predicted octanol–water partition coefficient (Wildman–Crippen LogP) is 3.85. The molecule has 0 saturated carbocycles. The van der Waals surface area contributed by atoms with Gasteiger partial charge in [-0.1, -0.05) is 0 Å². The summed E-state index contributed by atoms with van der Waals surface area (Å²) < 4.78 is 51.8. The summed E-state index contributed by atoms with van der Waals surface area (Å²) in [6.07, 6.45) is 1.20. The molecule has 0 aliphatic heterocycles. The van der Waals surface area contributed by atoms with Crippen LogP contribution in [0.3, 0.4) is 0 Å². The third kappa shape index (κ3) is 4.22. The Balaban J connectivity index is 2.00. The van der Waals surface area contributed by atoms with E-state index in [2.05, 4.69) is 4.98 Å². The molecule has 0 radical (unpaired) electrons. The van der Waals surface area contributed by atoms with Crippen molar-refractivity contribution >= 4 is 5.91 Å². The highest BCUT2D eigenvalue weighted by Gasteiger charge is 2.16. The van der Waals surface area contributed by atoms with Gasteiger partial charge in [-0.05, 0) is 35.9 Å². The minimum absolute atomic E-state index is 0.0885. The Labute approximate surface area is 158 Å². The van der Waals surface area contributed by atoms with Crippen molar-refractivity contribution in [2.75, 3.05) is 7.11 Å². The summed E-state index contributed by atoms with van der Waals surface area (Å²) in [6.45, 7) is -0.197. The van der Waals surface area contributed by atoms with E-state index in [0.717, 1.165) is 18.2 Å². The summed E-state index contributed by atoms with van der Waals surface area (Å²) in [4.78, 5) is 15.3. The first kappa shape index (κ1) is 19.2. The minimum atomic E-state index is -0.797. The molecule has 1 aromatic heterocycles. The number of carbonyl (C=O) groups excluding carboxylic acids is 1. The van der Waals surface area contributed by atoms with Crippen LogP contribution in [-0.4, -0.2) is 18.0 Å². The number of aromatic nitrogens is 1. The molecule has 0 aliphatic rings. The molecule has 0 bridgehead atoms. The largest absolute Gasteiger partial charge is 0.497 e. The molecule has 3 rings (SSSR count). The van der Waals surface area contributed by atoms with Crippen molar-refractivity contribution in [1.29, 1.82) is 0 Å². The number of hydrogen-bond acceptors (Lipinski definition) is 4. The first-order valence-electron chi connectivity index (χ1n) is 8.09. The molecule has 0 unspecified atom stereocenters. The van der Waals surface area contributed by atoms with Gasteiger partial charge >= 0.3 is 0 Å². The summed E-state index contributed by atoms with van der Waals surface area (Å²) in [7, 11) is 1.40. The Kier molecular flexibility index (Phi) is 5.49. The molecule has 0 aliphatic carbocycles. The number of rotatable bonds is 6. The number of methoxy groups -OCH3 is 1. The molecule has 28 heavy (non-hydrogen) atoms. The molecule has 144 valence electrons. The van der Waals surface area contributed by atoms with Crippen molar-refractivity contribution in [3.05, 3.63) is 77.4 Å². The second-order valence-corrected chi connectivity index (χ2v) is 5.84. The lowest BCUT2D eigenvalue weighted by Crippen LogP contribution is -2.13. The van der Waals surface area contributed by atoms with E-state index in [0.29, 0.717) is 5.75 Å². The van der Waals surface area contributed by atoms with Crippen LogP contribution in [0, 0.1) is 17.5 Å². The molecule has 0 saturated heterocycles. The number of hydrogen-bond donors (Lipinski definition) is 1. The van der Waals surface area contributed by atoms with Crippen LogP contribution in [0.4, 0.5) is 13.2 Å². The van der Waals surface area contributed by atoms with E-state index >= 15 is 0 Å². The normalized spacial score (nSPS) is 10.6. The van der Waals surface area contributed by atoms with Crippen LogP contribution in [0.25, 0.3) is 11.1 Å². The van der Waals surface area contributed by atoms with Crippen molar-refractivity contribution in [1.82, 2.24) is 4.98 Å². The van der Waals surface area contributed by atoms with E-state index in [1.807, 2.05) is 0 Å². The van der Waals surface area contributed by atoms with Gasteiger partial charge in [0.1, 0.15) is 41.3 Å². The Morgan fingerprint density at radius 2 is 1.75 bits per heavy atom.